The summed E-state index contributed by atoms with van der Waals surface area (Å²) in [5, 5.41) is 0. The van der Waals surface area contributed by atoms with Crippen molar-refractivity contribution in [2.45, 2.75) is 49.8 Å². The number of nitrogens with two attached hydrogens (primary N) is 1. The normalized spacial score (nSPS) is 24.9. The van der Waals surface area contributed by atoms with Gasteiger partial charge in [-0.05, 0) is 37.3 Å². The average molecular weight is 316 g/mol. The van der Waals surface area contributed by atoms with Crippen LogP contribution in [0.5, 0.6) is 0 Å². The van der Waals surface area contributed by atoms with Crippen LogP contribution in [0.2, 0.25) is 0 Å². The molecular formula is C14H24N2O2S2. The van der Waals surface area contributed by atoms with E-state index in [-0.39, 0.29) is 6.04 Å². The van der Waals surface area contributed by atoms with Gasteiger partial charge < -0.3 is 5.73 Å². The van der Waals surface area contributed by atoms with Gasteiger partial charge in [0.2, 0.25) is 0 Å². The van der Waals surface area contributed by atoms with Crippen molar-refractivity contribution in [3.8, 4) is 0 Å². The van der Waals surface area contributed by atoms with E-state index in [2.05, 4.69) is 6.92 Å². The summed E-state index contributed by atoms with van der Waals surface area (Å²) in [7, 11) is -3.37. The van der Waals surface area contributed by atoms with Crippen LogP contribution in [0.1, 0.15) is 38.0 Å². The topological polar surface area (TPSA) is 63.4 Å². The number of nitrogens with zero attached hydrogens (tertiary/aromatic N) is 1. The van der Waals surface area contributed by atoms with Gasteiger partial charge in [0.1, 0.15) is 4.21 Å². The zero-order valence-electron chi connectivity index (χ0n) is 12.2. The molecule has 0 radical (unpaired) electrons. The fourth-order valence-electron chi connectivity index (χ4n) is 2.82. The maximum atomic E-state index is 12.8. The molecule has 1 aromatic rings. The molecule has 0 saturated carbocycles. The van der Waals surface area contributed by atoms with Gasteiger partial charge in [0.05, 0.1) is 0 Å². The lowest BCUT2D eigenvalue weighted by atomic mass is 9.90. The Morgan fingerprint density at radius 2 is 2.15 bits per heavy atom. The Kier molecular flexibility index (Phi) is 5.23. The van der Waals surface area contributed by atoms with E-state index in [9.17, 15) is 8.42 Å². The fourth-order valence-corrected chi connectivity index (χ4v) is 5.90. The van der Waals surface area contributed by atoms with Crippen molar-refractivity contribution < 1.29 is 8.42 Å². The molecule has 6 heteroatoms. The Morgan fingerprint density at radius 1 is 1.40 bits per heavy atom. The largest absolute Gasteiger partial charge is 0.329 e. The number of rotatable bonds is 5. The third-order valence-electron chi connectivity index (χ3n) is 4.17. The molecule has 2 atom stereocenters. The van der Waals surface area contributed by atoms with E-state index >= 15 is 0 Å². The molecule has 1 aliphatic heterocycles. The maximum Gasteiger partial charge on any atom is 0.252 e. The molecule has 1 aliphatic rings. The summed E-state index contributed by atoms with van der Waals surface area (Å²) < 4.78 is 27.6. The van der Waals surface area contributed by atoms with E-state index in [1.54, 1.807) is 10.4 Å². The Hall–Kier alpha value is -0.430. The monoisotopic (exact) mass is 316 g/mol. The fraction of sp³-hybridized carbons (Fsp3) is 0.714. The second kappa shape index (κ2) is 6.56. The van der Waals surface area contributed by atoms with E-state index in [1.165, 1.54) is 11.3 Å². The first-order valence-corrected chi connectivity index (χ1v) is 9.59. The molecule has 2 unspecified atom stereocenters. The molecular weight excluding hydrogens is 292 g/mol. The van der Waals surface area contributed by atoms with E-state index in [1.807, 2.05) is 13.0 Å². The molecule has 0 spiro atoms. The predicted octanol–water partition coefficient (Wildman–Crippen LogP) is 2.45. The lowest BCUT2D eigenvalue weighted by Crippen LogP contribution is -2.49. The Morgan fingerprint density at radius 3 is 2.70 bits per heavy atom. The zero-order valence-corrected chi connectivity index (χ0v) is 13.8. The average Bonchev–Trinajstić information content (AvgIpc) is 2.96. The Labute approximate surface area is 126 Å². The van der Waals surface area contributed by atoms with Crippen LogP contribution in [-0.4, -0.2) is 31.9 Å². The molecule has 0 aromatic carbocycles. The van der Waals surface area contributed by atoms with Crippen LogP contribution in [-0.2, 0) is 16.4 Å². The third kappa shape index (κ3) is 3.08. The van der Waals surface area contributed by atoms with E-state index in [0.29, 0.717) is 23.2 Å². The van der Waals surface area contributed by atoms with Crippen molar-refractivity contribution in [2.75, 3.05) is 13.1 Å². The van der Waals surface area contributed by atoms with Gasteiger partial charge in [0, 0.05) is 24.0 Å². The quantitative estimate of drug-likeness (QED) is 0.907. The molecule has 4 nitrogen and oxygen atoms in total. The highest BCUT2D eigenvalue weighted by Gasteiger charge is 2.36. The predicted molar refractivity (Wildman–Crippen MR) is 83.4 cm³/mol. The molecule has 114 valence electrons. The van der Waals surface area contributed by atoms with Crippen molar-refractivity contribution in [2.24, 2.45) is 11.7 Å². The molecule has 20 heavy (non-hydrogen) atoms. The van der Waals surface area contributed by atoms with Gasteiger partial charge in [-0.3, -0.25) is 0 Å². The van der Waals surface area contributed by atoms with Gasteiger partial charge in [-0.2, -0.15) is 4.31 Å². The second-order valence-electron chi connectivity index (χ2n) is 5.38. The molecule has 0 aliphatic carbocycles. The van der Waals surface area contributed by atoms with Crippen molar-refractivity contribution in [3.63, 3.8) is 0 Å². The molecule has 1 aromatic heterocycles. The molecule has 0 amide bonds. The minimum absolute atomic E-state index is 0.0501. The lowest BCUT2D eigenvalue weighted by molar-refractivity contribution is 0.198. The van der Waals surface area contributed by atoms with Crippen LogP contribution in [0.3, 0.4) is 0 Å². The number of hydrogen-bond donors (Lipinski definition) is 1. The summed E-state index contributed by atoms with van der Waals surface area (Å²) in [6.45, 7) is 5.21. The van der Waals surface area contributed by atoms with Gasteiger partial charge in [-0.1, -0.05) is 20.3 Å². The van der Waals surface area contributed by atoms with Crippen LogP contribution in [0.25, 0.3) is 0 Å². The minimum atomic E-state index is -3.37. The van der Waals surface area contributed by atoms with Gasteiger partial charge >= 0.3 is 0 Å². The number of aryl methyl sites for hydroxylation is 1. The SMILES string of the molecule is CCc1ccc(S(=O)(=O)N2CCC(CC)CC2CN)s1. The number of thiophene rings is 1. The summed E-state index contributed by atoms with van der Waals surface area (Å²) in [5.74, 6) is 0.601. The van der Waals surface area contributed by atoms with Crippen LogP contribution in [0.4, 0.5) is 0 Å². The lowest BCUT2D eigenvalue weighted by Gasteiger charge is -2.37. The summed E-state index contributed by atoms with van der Waals surface area (Å²) in [6, 6.07) is 3.59. The van der Waals surface area contributed by atoms with Crippen molar-refractivity contribution >= 4 is 21.4 Å². The van der Waals surface area contributed by atoms with Gasteiger partial charge in [-0.25, -0.2) is 8.42 Å². The number of hydrogen-bond acceptors (Lipinski definition) is 4. The minimum Gasteiger partial charge on any atom is -0.329 e. The second-order valence-corrected chi connectivity index (χ2v) is 8.66. The van der Waals surface area contributed by atoms with Crippen LogP contribution in [0.15, 0.2) is 16.3 Å². The van der Waals surface area contributed by atoms with Crippen molar-refractivity contribution in [1.82, 2.24) is 4.31 Å². The first kappa shape index (κ1) is 15.9. The molecule has 2 heterocycles. The smallest absolute Gasteiger partial charge is 0.252 e. The van der Waals surface area contributed by atoms with Crippen LogP contribution >= 0.6 is 11.3 Å². The number of sulfonamides is 1. The Balaban J connectivity index is 2.24. The van der Waals surface area contributed by atoms with Crippen LogP contribution in [0, 0.1) is 5.92 Å². The zero-order chi connectivity index (χ0) is 14.8. The van der Waals surface area contributed by atoms with Gasteiger partial charge in [0.15, 0.2) is 0 Å². The van der Waals surface area contributed by atoms with Gasteiger partial charge in [0.25, 0.3) is 10.0 Å². The maximum absolute atomic E-state index is 12.8. The molecule has 2 rings (SSSR count). The van der Waals surface area contributed by atoms with E-state index in [0.717, 1.165) is 30.6 Å². The molecule has 1 saturated heterocycles. The molecule has 2 N–H and O–H groups in total. The standard InChI is InChI=1S/C14H24N2O2S2/c1-3-11-7-8-16(12(9-11)10-15)20(17,18)14-6-5-13(4-2)19-14/h5-6,11-12H,3-4,7-10,15H2,1-2H3. The summed E-state index contributed by atoms with van der Waals surface area (Å²) >= 11 is 1.38. The van der Waals surface area contributed by atoms with Crippen molar-refractivity contribution in [1.29, 1.82) is 0 Å². The molecule has 1 fully saturated rings. The van der Waals surface area contributed by atoms with E-state index in [4.69, 9.17) is 5.73 Å². The van der Waals surface area contributed by atoms with E-state index < -0.39 is 10.0 Å². The summed E-state index contributed by atoms with van der Waals surface area (Å²) in [4.78, 5) is 1.11. The summed E-state index contributed by atoms with van der Waals surface area (Å²) in [6.07, 6.45) is 3.80. The Bertz CT molecular complexity index is 539. The third-order valence-corrected chi connectivity index (χ3v) is 7.82. The first-order valence-electron chi connectivity index (χ1n) is 7.33. The highest BCUT2D eigenvalue weighted by atomic mass is 32.2. The highest BCUT2D eigenvalue weighted by molar-refractivity contribution is 7.91. The highest BCUT2D eigenvalue weighted by Crippen LogP contribution is 2.32. The van der Waals surface area contributed by atoms with Crippen LogP contribution < -0.4 is 5.73 Å². The van der Waals surface area contributed by atoms with Crippen molar-refractivity contribution in [3.05, 3.63) is 17.0 Å². The number of piperidine rings is 1. The van der Waals surface area contributed by atoms with Gasteiger partial charge in [-0.15, -0.1) is 11.3 Å². The summed E-state index contributed by atoms with van der Waals surface area (Å²) in [5.41, 5.74) is 5.81. The molecule has 0 bridgehead atoms. The first-order chi connectivity index (χ1) is 9.52.